The smallest absolute Gasteiger partial charge is 0.125 e. The fourth-order valence-electron chi connectivity index (χ4n) is 1.82. The van der Waals surface area contributed by atoms with Gasteiger partial charge in [0, 0.05) is 5.19 Å². The highest BCUT2D eigenvalue weighted by molar-refractivity contribution is 6.91. The van der Waals surface area contributed by atoms with Crippen molar-refractivity contribution in [2.75, 3.05) is 0 Å². The van der Waals surface area contributed by atoms with Crippen LogP contribution in [0, 0.1) is 11.6 Å². The Morgan fingerprint density at radius 2 is 1.31 bits per heavy atom. The second-order valence-corrected chi connectivity index (χ2v) is 16.3. The van der Waals surface area contributed by atoms with Crippen LogP contribution in [0.4, 0.5) is 8.78 Å². The van der Waals surface area contributed by atoms with E-state index in [1.54, 1.807) is 6.07 Å². The van der Waals surface area contributed by atoms with E-state index in [4.69, 9.17) is 0 Å². The largest absolute Gasteiger partial charge is 0.207 e. The SMILES string of the molecule is C[Si](C)(C)c1ccc(F)c([Si](C)(C)C)c1F. The molecule has 0 aromatic heterocycles. The molecule has 0 N–H and O–H groups in total. The molecule has 0 spiro atoms. The van der Waals surface area contributed by atoms with E-state index in [2.05, 4.69) is 19.6 Å². The highest BCUT2D eigenvalue weighted by Gasteiger charge is 2.30. The molecule has 0 saturated carbocycles. The molecule has 16 heavy (non-hydrogen) atoms. The van der Waals surface area contributed by atoms with Gasteiger partial charge in [0.2, 0.25) is 0 Å². The number of hydrogen-bond donors (Lipinski definition) is 0. The molecule has 1 aromatic carbocycles. The van der Waals surface area contributed by atoms with Gasteiger partial charge in [-0.2, -0.15) is 0 Å². The van der Waals surface area contributed by atoms with E-state index in [1.807, 2.05) is 19.6 Å². The van der Waals surface area contributed by atoms with Crippen molar-refractivity contribution in [3.05, 3.63) is 23.8 Å². The van der Waals surface area contributed by atoms with Crippen molar-refractivity contribution in [2.24, 2.45) is 0 Å². The third kappa shape index (κ3) is 2.60. The molecule has 0 aliphatic rings. The normalized spacial score (nSPS) is 13.0. The van der Waals surface area contributed by atoms with Crippen LogP contribution in [0.3, 0.4) is 0 Å². The zero-order valence-electron chi connectivity index (χ0n) is 10.9. The predicted octanol–water partition coefficient (Wildman–Crippen LogP) is 3.06. The summed E-state index contributed by atoms with van der Waals surface area (Å²) in [6.45, 7) is 12.2. The van der Waals surface area contributed by atoms with Crippen LogP contribution in [-0.4, -0.2) is 16.1 Å². The Bertz CT molecular complexity index is 401. The molecule has 1 aromatic rings. The van der Waals surface area contributed by atoms with Gasteiger partial charge in [-0.25, -0.2) is 8.78 Å². The highest BCUT2D eigenvalue weighted by Crippen LogP contribution is 2.12. The number of hydrogen-bond acceptors (Lipinski definition) is 0. The van der Waals surface area contributed by atoms with E-state index in [1.165, 1.54) is 6.07 Å². The first-order valence-electron chi connectivity index (χ1n) is 5.54. The van der Waals surface area contributed by atoms with Gasteiger partial charge in [-0.3, -0.25) is 0 Å². The van der Waals surface area contributed by atoms with Crippen molar-refractivity contribution < 1.29 is 8.78 Å². The van der Waals surface area contributed by atoms with Crippen LogP contribution in [0.25, 0.3) is 0 Å². The lowest BCUT2D eigenvalue weighted by molar-refractivity contribution is 0.600. The summed E-state index contributed by atoms with van der Waals surface area (Å²) in [5.41, 5.74) is 0. The summed E-state index contributed by atoms with van der Waals surface area (Å²) in [6.07, 6.45) is 0. The van der Waals surface area contributed by atoms with Crippen LogP contribution < -0.4 is 10.4 Å². The third-order valence-corrected chi connectivity index (χ3v) is 6.61. The van der Waals surface area contributed by atoms with Crippen molar-refractivity contribution in [3.63, 3.8) is 0 Å². The first-order chi connectivity index (χ1) is 7.05. The molecule has 0 amide bonds. The molecule has 0 aliphatic carbocycles. The lowest BCUT2D eigenvalue weighted by Crippen LogP contribution is -2.50. The summed E-state index contributed by atoms with van der Waals surface area (Å²) in [6, 6.07) is 3.06. The van der Waals surface area contributed by atoms with Gasteiger partial charge >= 0.3 is 0 Å². The summed E-state index contributed by atoms with van der Waals surface area (Å²) in [5, 5.41) is 1.10. The number of benzene rings is 1. The Labute approximate surface area is 98.7 Å². The van der Waals surface area contributed by atoms with E-state index in [0.29, 0.717) is 5.19 Å². The quantitative estimate of drug-likeness (QED) is 0.715. The Morgan fingerprint density at radius 1 is 0.812 bits per heavy atom. The molecule has 0 atom stereocenters. The minimum Gasteiger partial charge on any atom is -0.207 e. The lowest BCUT2D eigenvalue weighted by Gasteiger charge is -2.24. The van der Waals surface area contributed by atoms with Gasteiger partial charge in [-0.1, -0.05) is 45.3 Å². The zero-order valence-corrected chi connectivity index (χ0v) is 12.9. The molecular weight excluding hydrogens is 238 g/mol. The van der Waals surface area contributed by atoms with E-state index in [9.17, 15) is 8.78 Å². The predicted molar refractivity (Wildman–Crippen MR) is 72.3 cm³/mol. The maximum absolute atomic E-state index is 14.4. The number of halogens is 2. The highest BCUT2D eigenvalue weighted by atomic mass is 28.3. The van der Waals surface area contributed by atoms with Crippen LogP contribution in [0.2, 0.25) is 39.3 Å². The molecule has 0 radical (unpaired) electrons. The van der Waals surface area contributed by atoms with Gasteiger partial charge in [0.1, 0.15) is 11.6 Å². The van der Waals surface area contributed by atoms with Crippen molar-refractivity contribution >= 4 is 26.5 Å². The average Bonchev–Trinajstić information content (AvgIpc) is 1.97. The van der Waals surface area contributed by atoms with Crippen molar-refractivity contribution in [1.29, 1.82) is 0 Å². The Balaban J connectivity index is 3.52. The summed E-state index contributed by atoms with van der Waals surface area (Å²) in [7, 11) is -3.69. The van der Waals surface area contributed by atoms with E-state index >= 15 is 0 Å². The fourth-order valence-corrected chi connectivity index (χ4v) is 4.90. The molecule has 0 fully saturated rings. The Morgan fingerprint density at radius 3 is 1.69 bits per heavy atom. The monoisotopic (exact) mass is 258 g/mol. The fraction of sp³-hybridized carbons (Fsp3) is 0.500. The van der Waals surface area contributed by atoms with Crippen molar-refractivity contribution in [2.45, 2.75) is 39.3 Å². The van der Waals surface area contributed by atoms with Crippen LogP contribution >= 0.6 is 0 Å². The second kappa shape index (κ2) is 4.07. The Kier molecular flexibility index (Phi) is 3.46. The molecule has 0 heterocycles. The second-order valence-electron chi connectivity index (χ2n) is 6.28. The van der Waals surface area contributed by atoms with Crippen molar-refractivity contribution in [1.82, 2.24) is 0 Å². The maximum atomic E-state index is 14.4. The summed E-state index contributed by atoms with van der Waals surface area (Å²) >= 11 is 0. The summed E-state index contributed by atoms with van der Waals surface area (Å²) in [5.74, 6) is -0.656. The minimum absolute atomic E-state index is 0.279. The number of rotatable bonds is 2. The molecule has 0 unspecified atom stereocenters. The summed E-state index contributed by atoms with van der Waals surface area (Å²) < 4.78 is 28.1. The minimum atomic E-state index is -1.96. The molecule has 0 aliphatic heterocycles. The average molecular weight is 258 g/mol. The third-order valence-electron chi connectivity index (χ3n) is 2.65. The van der Waals surface area contributed by atoms with E-state index in [0.717, 1.165) is 5.19 Å². The molecule has 90 valence electrons. The van der Waals surface area contributed by atoms with Crippen LogP contribution in [0.1, 0.15) is 0 Å². The molecule has 1 rings (SSSR count). The first-order valence-corrected chi connectivity index (χ1v) is 12.5. The molecule has 4 heteroatoms. The topological polar surface area (TPSA) is 0 Å². The Hall–Kier alpha value is -0.486. The van der Waals surface area contributed by atoms with Crippen molar-refractivity contribution in [3.8, 4) is 0 Å². The van der Waals surface area contributed by atoms with Crippen LogP contribution in [0.5, 0.6) is 0 Å². The standard InChI is InChI=1S/C12H20F2Si2/c1-15(2,3)10-8-7-9(13)12(11(10)14)16(4,5)6/h7-8H,1-6H3. The molecule has 0 nitrogen and oxygen atoms in total. The van der Waals surface area contributed by atoms with E-state index < -0.39 is 16.1 Å². The first kappa shape index (κ1) is 13.6. The van der Waals surface area contributed by atoms with Gasteiger partial charge in [-0.05, 0) is 11.3 Å². The van der Waals surface area contributed by atoms with E-state index in [-0.39, 0.29) is 11.6 Å². The van der Waals surface area contributed by atoms with Gasteiger partial charge in [-0.15, -0.1) is 0 Å². The molecular formula is C12H20F2Si2. The molecule has 0 saturated heterocycles. The van der Waals surface area contributed by atoms with Gasteiger partial charge in [0.25, 0.3) is 0 Å². The molecule has 0 bridgehead atoms. The van der Waals surface area contributed by atoms with Gasteiger partial charge < -0.3 is 0 Å². The van der Waals surface area contributed by atoms with Crippen LogP contribution in [-0.2, 0) is 0 Å². The lowest BCUT2D eigenvalue weighted by atomic mass is 10.3. The van der Waals surface area contributed by atoms with Gasteiger partial charge in [0.05, 0.1) is 16.1 Å². The summed E-state index contributed by atoms with van der Waals surface area (Å²) in [4.78, 5) is 0. The van der Waals surface area contributed by atoms with Gasteiger partial charge in [0.15, 0.2) is 0 Å². The zero-order chi connectivity index (χ0) is 12.7. The maximum Gasteiger partial charge on any atom is 0.125 e. The van der Waals surface area contributed by atoms with Crippen LogP contribution in [0.15, 0.2) is 12.1 Å².